The van der Waals surface area contributed by atoms with Crippen molar-refractivity contribution in [3.05, 3.63) is 48.4 Å². The Bertz CT molecular complexity index is 860. The lowest BCUT2D eigenvalue weighted by atomic mass is 10.2. The first kappa shape index (κ1) is 18.2. The second-order valence-corrected chi connectivity index (χ2v) is 6.44. The fraction of sp³-hybridized carbons (Fsp3) is 0.278. The zero-order chi connectivity index (χ0) is 18.4. The fourth-order valence-electron chi connectivity index (χ4n) is 2.44. The number of hydrogen-bond acceptors (Lipinski definition) is 6. The number of carbonyl (C=O) groups is 1. The highest BCUT2D eigenvalue weighted by Crippen LogP contribution is 2.30. The van der Waals surface area contributed by atoms with E-state index in [1.165, 1.54) is 11.8 Å². The molecule has 136 valence electrons. The van der Waals surface area contributed by atoms with Gasteiger partial charge in [-0.2, -0.15) is 0 Å². The molecule has 1 aromatic carbocycles. The van der Waals surface area contributed by atoms with Crippen molar-refractivity contribution in [2.24, 2.45) is 0 Å². The third kappa shape index (κ3) is 4.14. The molecule has 1 N–H and O–H groups in total. The van der Waals surface area contributed by atoms with Gasteiger partial charge in [0.2, 0.25) is 5.91 Å². The van der Waals surface area contributed by atoms with Crippen LogP contribution in [0, 0.1) is 6.92 Å². The molecule has 2 heterocycles. The van der Waals surface area contributed by atoms with Gasteiger partial charge in [0.25, 0.3) is 0 Å². The molecule has 0 fully saturated rings. The Morgan fingerprint density at radius 3 is 2.77 bits per heavy atom. The quantitative estimate of drug-likeness (QED) is 0.484. The van der Waals surface area contributed by atoms with Gasteiger partial charge >= 0.3 is 0 Å². The molecule has 0 spiro atoms. The zero-order valence-corrected chi connectivity index (χ0v) is 15.5. The smallest absolute Gasteiger partial charge is 0.230 e. The van der Waals surface area contributed by atoms with E-state index in [4.69, 9.17) is 9.15 Å². The maximum atomic E-state index is 12.0. The molecule has 0 unspecified atom stereocenters. The average molecular weight is 372 g/mol. The third-order valence-electron chi connectivity index (χ3n) is 3.71. The van der Waals surface area contributed by atoms with Crippen LogP contribution >= 0.6 is 11.8 Å². The van der Waals surface area contributed by atoms with Crippen molar-refractivity contribution in [3.8, 4) is 17.1 Å². The summed E-state index contributed by atoms with van der Waals surface area (Å²) >= 11 is 1.34. The Labute approximate surface area is 155 Å². The number of furan rings is 1. The van der Waals surface area contributed by atoms with Gasteiger partial charge in [0.1, 0.15) is 5.76 Å². The first-order chi connectivity index (χ1) is 12.7. The molecule has 0 aliphatic carbocycles. The summed E-state index contributed by atoms with van der Waals surface area (Å²) in [5.41, 5.74) is 1.80. The normalized spacial score (nSPS) is 10.8. The van der Waals surface area contributed by atoms with Crippen molar-refractivity contribution in [3.63, 3.8) is 0 Å². The number of nitrogens with zero attached hydrogens (tertiary/aromatic N) is 3. The average Bonchev–Trinajstić information content (AvgIpc) is 3.26. The Kier molecular flexibility index (Phi) is 6.08. The molecule has 0 atom stereocenters. The first-order valence-electron chi connectivity index (χ1n) is 8.14. The van der Waals surface area contributed by atoms with Crippen molar-refractivity contribution in [1.82, 2.24) is 20.1 Å². The highest BCUT2D eigenvalue weighted by Gasteiger charge is 2.19. The summed E-state index contributed by atoms with van der Waals surface area (Å²) in [5, 5.41) is 12.1. The predicted molar refractivity (Wildman–Crippen MR) is 99.4 cm³/mol. The molecule has 0 bridgehead atoms. The van der Waals surface area contributed by atoms with Gasteiger partial charge in [0.15, 0.2) is 11.0 Å². The van der Waals surface area contributed by atoms with E-state index in [9.17, 15) is 4.79 Å². The van der Waals surface area contributed by atoms with Crippen LogP contribution in [-0.2, 0) is 9.53 Å². The minimum atomic E-state index is -0.0734. The number of thioether (sulfide) groups is 1. The minimum absolute atomic E-state index is 0.0734. The maximum Gasteiger partial charge on any atom is 0.230 e. The van der Waals surface area contributed by atoms with E-state index in [-0.39, 0.29) is 11.7 Å². The van der Waals surface area contributed by atoms with E-state index in [0.717, 1.165) is 17.0 Å². The molecule has 0 aliphatic rings. The van der Waals surface area contributed by atoms with Crippen LogP contribution in [0.2, 0.25) is 0 Å². The molecule has 0 radical (unpaired) electrons. The molecule has 3 rings (SSSR count). The van der Waals surface area contributed by atoms with Crippen molar-refractivity contribution < 1.29 is 13.9 Å². The number of benzene rings is 1. The number of rotatable bonds is 8. The number of methoxy groups -OCH3 is 1. The van der Waals surface area contributed by atoms with Crippen molar-refractivity contribution in [2.45, 2.75) is 12.1 Å². The van der Waals surface area contributed by atoms with Gasteiger partial charge in [-0.15, -0.1) is 10.2 Å². The van der Waals surface area contributed by atoms with E-state index in [1.54, 1.807) is 13.4 Å². The summed E-state index contributed by atoms with van der Waals surface area (Å²) in [6.07, 6.45) is 1.63. The summed E-state index contributed by atoms with van der Waals surface area (Å²) in [6.45, 7) is 2.86. The van der Waals surface area contributed by atoms with Gasteiger partial charge in [-0.3, -0.25) is 9.36 Å². The Balaban J connectivity index is 1.85. The highest BCUT2D eigenvalue weighted by molar-refractivity contribution is 7.99. The predicted octanol–water partition coefficient (Wildman–Crippen LogP) is 2.69. The zero-order valence-electron chi connectivity index (χ0n) is 14.6. The van der Waals surface area contributed by atoms with Crippen LogP contribution in [0.1, 0.15) is 5.76 Å². The van der Waals surface area contributed by atoms with Crippen molar-refractivity contribution >= 4 is 17.7 Å². The molecule has 2 aromatic heterocycles. The van der Waals surface area contributed by atoms with Crippen LogP contribution in [-0.4, -0.2) is 46.7 Å². The lowest BCUT2D eigenvalue weighted by Crippen LogP contribution is -2.28. The Morgan fingerprint density at radius 2 is 2.08 bits per heavy atom. The summed E-state index contributed by atoms with van der Waals surface area (Å²) in [6, 6.07) is 11.7. The second kappa shape index (κ2) is 8.68. The third-order valence-corrected chi connectivity index (χ3v) is 4.64. The van der Waals surface area contributed by atoms with Crippen LogP contribution in [0.4, 0.5) is 0 Å². The number of aryl methyl sites for hydroxylation is 1. The first-order valence-corrected chi connectivity index (χ1v) is 9.13. The Hall–Kier alpha value is -2.58. The van der Waals surface area contributed by atoms with Crippen molar-refractivity contribution in [2.75, 3.05) is 26.0 Å². The molecular formula is C18H20N4O3S. The van der Waals surface area contributed by atoms with Gasteiger partial charge < -0.3 is 14.5 Å². The van der Waals surface area contributed by atoms with Gasteiger partial charge in [-0.25, -0.2) is 0 Å². The molecule has 0 saturated heterocycles. The van der Waals surface area contributed by atoms with Crippen LogP contribution in [0.5, 0.6) is 0 Å². The molecule has 1 amide bonds. The molecule has 8 heteroatoms. The van der Waals surface area contributed by atoms with E-state index < -0.39 is 0 Å². The van der Waals surface area contributed by atoms with E-state index >= 15 is 0 Å². The highest BCUT2D eigenvalue weighted by atomic mass is 32.2. The second-order valence-electron chi connectivity index (χ2n) is 5.50. The van der Waals surface area contributed by atoms with Crippen LogP contribution < -0.4 is 5.32 Å². The number of ether oxygens (including phenoxy) is 1. The van der Waals surface area contributed by atoms with Crippen LogP contribution in [0.3, 0.4) is 0 Å². The topological polar surface area (TPSA) is 82.2 Å². The summed E-state index contributed by atoms with van der Waals surface area (Å²) in [7, 11) is 1.60. The largest absolute Gasteiger partial charge is 0.469 e. The summed E-state index contributed by atoms with van der Waals surface area (Å²) in [5.74, 6) is 1.63. The summed E-state index contributed by atoms with van der Waals surface area (Å²) < 4.78 is 12.3. The summed E-state index contributed by atoms with van der Waals surface area (Å²) in [4.78, 5) is 12.0. The van der Waals surface area contributed by atoms with Crippen molar-refractivity contribution in [1.29, 1.82) is 0 Å². The van der Waals surface area contributed by atoms with Gasteiger partial charge in [0, 0.05) is 19.3 Å². The fourth-order valence-corrected chi connectivity index (χ4v) is 3.22. The number of nitrogens with one attached hydrogen (secondary N) is 1. The number of amides is 1. The maximum absolute atomic E-state index is 12.0. The number of para-hydroxylation sites is 1. The van der Waals surface area contributed by atoms with Gasteiger partial charge in [-0.1, -0.05) is 30.0 Å². The van der Waals surface area contributed by atoms with Gasteiger partial charge in [-0.05, 0) is 25.1 Å². The van der Waals surface area contributed by atoms with Crippen LogP contribution in [0.25, 0.3) is 17.1 Å². The number of carbonyl (C=O) groups excluding carboxylic acids is 1. The lowest BCUT2D eigenvalue weighted by molar-refractivity contribution is -0.118. The lowest BCUT2D eigenvalue weighted by Gasteiger charge is -2.10. The monoisotopic (exact) mass is 372 g/mol. The standard InChI is InChI=1S/C18H20N4O3S/c1-13-15(8-10-25-13)17-20-21-18(22(17)14-6-4-3-5-7-14)26-12-16(23)19-9-11-24-2/h3-8,10H,9,11-12H2,1-2H3,(H,19,23). The van der Waals surface area contributed by atoms with E-state index in [1.807, 2.05) is 47.9 Å². The molecule has 0 saturated carbocycles. The van der Waals surface area contributed by atoms with E-state index in [2.05, 4.69) is 15.5 Å². The van der Waals surface area contributed by atoms with Gasteiger partial charge in [0.05, 0.1) is 24.2 Å². The molecule has 3 aromatic rings. The molecular weight excluding hydrogens is 352 g/mol. The molecule has 7 nitrogen and oxygen atoms in total. The molecule has 0 aliphatic heterocycles. The van der Waals surface area contributed by atoms with E-state index in [0.29, 0.717) is 24.1 Å². The molecule has 26 heavy (non-hydrogen) atoms. The Morgan fingerprint density at radius 1 is 1.27 bits per heavy atom. The number of hydrogen-bond donors (Lipinski definition) is 1. The SMILES string of the molecule is COCCNC(=O)CSc1nnc(-c2ccoc2C)n1-c1ccccc1. The van der Waals surface area contributed by atoms with Crippen LogP contribution in [0.15, 0.2) is 52.2 Å². The number of aromatic nitrogens is 3. The minimum Gasteiger partial charge on any atom is -0.469 e.